The first kappa shape index (κ1) is 26.5. The van der Waals surface area contributed by atoms with Gasteiger partial charge < -0.3 is 14.2 Å². The number of fused-ring (bicyclic) bond motifs is 1. The smallest absolute Gasteiger partial charge is 0.178 e. The number of nitrogens with zero attached hydrogens (tertiary/aromatic N) is 2. The van der Waals surface area contributed by atoms with Crippen LogP contribution < -0.4 is 4.74 Å². The van der Waals surface area contributed by atoms with Crippen LogP contribution in [0, 0.1) is 5.82 Å². The van der Waals surface area contributed by atoms with Crippen LogP contribution in [0.2, 0.25) is 5.02 Å². The summed E-state index contributed by atoms with van der Waals surface area (Å²) in [6.07, 6.45) is 4.34. The van der Waals surface area contributed by atoms with Gasteiger partial charge in [0.25, 0.3) is 0 Å². The predicted molar refractivity (Wildman–Crippen MR) is 143 cm³/mol. The highest BCUT2D eigenvalue weighted by molar-refractivity contribution is 7.91. The third-order valence-corrected chi connectivity index (χ3v) is 8.31. The largest absolute Gasteiger partial charge is 0.457 e. The second kappa shape index (κ2) is 11.7. The molecule has 4 aromatic rings. The summed E-state index contributed by atoms with van der Waals surface area (Å²) in [6.45, 7) is 0.983. The lowest BCUT2D eigenvalue weighted by molar-refractivity contribution is -0.162. The SMILES string of the molecule is O=S(=O)(CCCOC1CCCCO1)c1cccc(Oc2ccc(F)c(-c3ncnc4c(Cl)cccc34)c2)c1. The highest BCUT2D eigenvalue weighted by Crippen LogP contribution is 2.34. The Hall–Kier alpha value is -3.11. The Labute approximate surface area is 225 Å². The van der Waals surface area contributed by atoms with Gasteiger partial charge in [0.15, 0.2) is 16.1 Å². The summed E-state index contributed by atoms with van der Waals surface area (Å²) in [7, 11) is -3.55. The molecule has 10 heteroatoms. The Morgan fingerprint density at radius 3 is 2.71 bits per heavy atom. The maximum Gasteiger partial charge on any atom is 0.178 e. The van der Waals surface area contributed by atoms with E-state index in [2.05, 4.69) is 9.97 Å². The van der Waals surface area contributed by atoms with Gasteiger partial charge in [-0.25, -0.2) is 22.8 Å². The van der Waals surface area contributed by atoms with Crippen molar-refractivity contribution >= 4 is 32.3 Å². The minimum atomic E-state index is -3.55. The molecule has 1 aliphatic rings. The van der Waals surface area contributed by atoms with Crippen molar-refractivity contribution in [3.05, 3.63) is 77.8 Å². The quantitative estimate of drug-likeness (QED) is 0.215. The number of sulfone groups is 1. The maximum atomic E-state index is 14.9. The second-order valence-electron chi connectivity index (χ2n) is 8.92. The van der Waals surface area contributed by atoms with Gasteiger partial charge in [-0.15, -0.1) is 0 Å². The van der Waals surface area contributed by atoms with Crippen LogP contribution in [0.4, 0.5) is 4.39 Å². The first-order chi connectivity index (χ1) is 18.4. The molecule has 198 valence electrons. The molecule has 1 unspecified atom stereocenters. The third-order valence-electron chi connectivity index (χ3n) is 6.21. The highest BCUT2D eigenvalue weighted by atomic mass is 35.5. The maximum absolute atomic E-state index is 14.9. The molecule has 0 N–H and O–H groups in total. The van der Waals surface area contributed by atoms with Crippen LogP contribution in [0.3, 0.4) is 0 Å². The number of aromatic nitrogens is 2. The second-order valence-corrected chi connectivity index (χ2v) is 11.4. The molecular weight excluding hydrogens is 531 g/mol. The van der Waals surface area contributed by atoms with E-state index in [0.29, 0.717) is 52.8 Å². The molecule has 1 aromatic heterocycles. The van der Waals surface area contributed by atoms with Gasteiger partial charge in [-0.3, -0.25) is 0 Å². The summed E-state index contributed by atoms with van der Waals surface area (Å²) >= 11 is 6.25. The van der Waals surface area contributed by atoms with Crippen molar-refractivity contribution in [3.63, 3.8) is 0 Å². The number of ether oxygens (including phenoxy) is 3. The molecule has 1 aliphatic heterocycles. The van der Waals surface area contributed by atoms with Gasteiger partial charge in [0.05, 0.1) is 33.5 Å². The third kappa shape index (κ3) is 6.13. The van der Waals surface area contributed by atoms with Crippen LogP contribution in [0.15, 0.2) is 71.9 Å². The minimum Gasteiger partial charge on any atom is -0.457 e. The molecule has 5 rings (SSSR count). The van der Waals surface area contributed by atoms with Crippen LogP contribution in [0.1, 0.15) is 25.7 Å². The van der Waals surface area contributed by atoms with E-state index in [-0.39, 0.29) is 22.5 Å². The lowest BCUT2D eigenvalue weighted by Gasteiger charge is -2.22. The van der Waals surface area contributed by atoms with Crippen LogP contribution in [0.25, 0.3) is 22.2 Å². The number of hydrogen-bond acceptors (Lipinski definition) is 7. The van der Waals surface area contributed by atoms with E-state index in [0.717, 1.165) is 19.3 Å². The minimum absolute atomic E-state index is 0.0623. The Kier molecular flexibility index (Phi) is 8.18. The van der Waals surface area contributed by atoms with E-state index in [9.17, 15) is 12.8 Å². The van der Waals surface area contributed by atoms with Crippen molar-refractivity contribution in [2.45, 2.75) is 36.9 Å². The van der Waals surface area contributed by atoms with Crippen molar-refractivity contribution in [1.29, 1.82) is 0 Å². The number of para-hydroxylation sites is 1. The molecule has 0 spiro atoms. The molecule has 38 heavy (non-hydrogen) atoms. The molecule has 0 radical (unpaired) electrons. The number of rotatable bonds is 9. The molecular formula is C28H26ClFN2O5S. The average molecular weight is 557 g/mol. The topological polar surface area (TPSA) is 87.6 Å². The van der Waals surface area contributed by atoms with Crippen molar-refractivity contribution in [3.8, 4) is 22.8 Å². The monoisotopic (exact) mass is 556 g/mol. The van der Waals surface area contributed by atoms with E-state index < -0.39 is 15.7 Å². The molecule has 0 saturated carbocycles. The molecule has 0 bridgehead atoms. The average Bonchev–Trinajstić information content (AvgIpc) is 2.93. The zero-order chi connectivity index (χ0) is 26.5. The van der Waals surface area contributed by atoms with Crippen LogP contribution >= 0.6 is 11.6 Å². The van der Waals surface area contributed by atoms with Crippen LogP contribution in [-0.2, 0) is 19.3 Å². The van der Waals surface area contributed by atoms with Gasteiger partial charge in [0, 0.05) is 17.6 Å². The van der Waals surface area contributed by atoms with Gasteiger partial charge in [-0.05, 0) is 68.1 Å². The fourth-order valence-electron chi connectivity index (χ4n) is 4.31. The molecule has 7 nitrogen and oxygen atoms in total. The lowest BCUT2D eigenvalue weighted by Crippen LogP contribution is -2.23. The standard InChI is InChI=1S/C28H26ClFN2O5S/c29-24-9-4-8-22-27(31-18-32-28(22)24)23-17-20(11-12-25(23)30)37-19-6-3-7-21(16-19)38(33,34)15-5-14-36-26-10-1-2-13-35-26/h3-4,6-9,11-12,16-18,26H,1-2,5,10,13-15H2. The van der Waals surface area contributed by atoms with Gasteiger partial charge in [-0.1, -0.05) is 29.8 Å². The number of hydrogen-bond donors (Lipinski definition) is 0. The molecule has 0 aliphatic carbocycles. The van der Waals surface area contributed by atoms with E-state index >= 15 is 0 Å². The highest BCUT2D eigenvalue weighted by Gasteiger charge is 2.18. The van der Waals surface area contributed by atoms with E-state index in [4.69, 9.17) is 25.8 Å². The normalized spacial score (nSPS) is 16.0. The summed E-state index contributed by atoms with van der Waals surface area (Å²) in [6, 6.07) is 15.7. The Balaban J connectivity index is 1.31. The first-order valence-electron chi connectivity index (χ1n) is 12.3. The molecule has 1 fully saturated rings. The predicted octanol–water partition coefficient (Wildman–Crippen LogP) is 6.59. The van der Waals surface area contributed by atoms with Gasteiger partial charge in [0.2, 0.25) is 0 Å². The Bertz CT molecular complexity index is 1540. The zero-order valence-corrected chi connectivity index (χ0v) is 22.1. The first-order valence-corrected chi connectivity index (χ1v) is 14.4. The number of halogens is 2. The Morgan fingerprint density at radius 2 is 1.87 bits per heavy atom. The fourth-order valence-corrected chi connectivity index (χ4v) is 5.85. The van der Waals surface area contributed by atoms with Gasteiger partial charge in [0.1, 0.15) is 23.6 Å². The molecule has 3 aromatic carbocycles. The van der Waals surface area contributed by atoms with Crippen molar-refractivity contribution in [1.82, 2.24) is 9.97 Å². The van der Waals surface area contributed by atoms with Gasteiger partial charge >= 0.3 is 0 Å². The van der Waals surface area contributed by atoms with E-state index in [1.54, 1.807) is 30.3 Å². The van der Waals surface area contributed by atoms with Crippen LogP contribution in [0.5, 0.6) is 11.5 Å². The summed E-state index contributed by atoms with van der Waals surface area (Å²) in [5, 5.41) is 1.04. The molecule has 1 saturated heterocycles. The number of benzene rings is 3. The summed E-state index contributed by atoms with van der Waals surface area (Å²) in [5.41, 5.74) is 1.10. The van der Waals surface area contributed by atoms with Gasteiger partial charge in [-0.2, -0.15) is 0 Å². The van der Waals surface area contributed by atoms with Crippen molar-refractivity contribution in [2.24, 2.45) is 0 Å². The molecule has 0 amide bonds. The lowest BCUT2D eigenvalue weighted by atomic mass is 10.1. The van der Waals surface area contributed by atoms with Crippen molar-refractivity contribution < 1.29 is 27.0 Å². The fraction of sp³-hybridized carbons (Fsp3) is 0.286. The molecule has 1 atom stereocenters. The summed E-state index contributed by atoms with van der Waals surface area (Å²) in [4.78, 5) is 8.62. The summed E-state index contributed by atoms with van der Waals surface area (Å²) < 4.78 is 57.8. The van der Waals surface area contributed by atoms with E-state index in [1.807, 2.05) is 0 Å². The van der Waals surface area contributed by atoms with Crippen LogP contribution in [-0.4, -0.2) is 43.6 Å². The summed E-state index contributed by atoms with van der Waals surface area (Å²) in [5.74, 6) is 0.0823. The Morgan fingerprint density at radius 1 is 1.03 bits per heavy atom. The molecule has 2 heterocycles. The zero-order valence-electron chi connectivity index (χ0n) is 20.5. The van der Waals surface area contributed by atoms with Crippen molar-refractivity contribution in [2.75, 3.05) is 19.0 Å². The van der Waals surface area contributed by atoms with E-state index in [1.165, 1.54) is 36.7 Å².